The van der Waals surface area contributed by atoms with Crippen LogP contribution in [0.15, 0.2) is 29.6 Å². The van der Waals surface area contributed by atoms with Crippen molar-refractivity contribution < 1.29 is 9.18 Å². The fourth-order valence-electron chi connectivity index (χ4n) is 4.74. The van der Waals surface area contributed by atoms with Gasteiger partial charge in [-0.25, -0.2) is 9.18 Å². The quantitative estimate of drug-likeness (QED) is 0.770. The predicted molar refractivity (Wildman–Crippen MR) is 123 cm³/mol. The van der Waals surface area contributed by atoms with Gasteiger partial charge in [0, 0.05) is 56.0 Å². The number of anilines is 1. The maximum Gasteiger partial charge on any atom is 0.317 e. The van der Waals surface area contributed by atoms with Crippen LogP contribution < -0.4 is 10.2 Å². The van der Waals surface area contributed by atoms with E-state index in [9.17, 15) is 9.18 Å². The number of nitrogens with zero attached hydrogens (tertiary/aromatic N) is 3. The van der Waals surface area contributed by atoms with Crippen LogP contribution in [0.4, 0.5) is 14.9 Å². The van der Waals surface area contributed by atoms with Crippen molar-refractivity contribution in [3.63, 3.8) is 0 Å². The van der Waals surface area contributed by atoms with E-state index >= 15 is 0 Å². The first-order chi connectivity index (χ1) is 14.5. The molecule has 2 amide bonds. The van der Waals surface area contributed by atoms with Gasteiger partial charge in [-0.3, -0.25) is 4.90 Å². The number of thiophene rings is 1. The van der Waals surface area contributed by atoms with Crippen molar-refractivity contribution in [1.29, 1.82) is 0 Å². The zero-order chi connectivity index (χ0) is 21.1. The summed E-state index contributed by atoms with van der Waals surface area (Å²) in [6.45, 7) is 5.26. The maximum atomic E-state index is 14.6. The zero-order valence-corrected chi connectivity index (χ0v) is 18.8. The average molecular weight is 433 g/mol. The second kappa shape index (κ2) is 9.52. The molecular formula is C23H33FN4OS. The Morgan fingerprint density at radius 1 is 1.20 bits per heavy atom. The second-order valence-corrected chi connectivity index (χ2v) is 9.82. The van der Waals surface area contributed by atoms with Gasteiger partial charge < -0.3 is 15.1 Å². The standard InChI is InChI=1S/C23H33FN4OS/c1-26(2)23(29)25-20-7-6-17(16-19(20)24)8-10-27-11-13-28(14-12-27)21-4-3-5-22-18(21)9-15-30-22/h3-5,9,15,17,19-20H,6-8,10-14,16H2,1-2H3,(H,25,29). The molecule has 1 saturated carbocycles. The van der Waals surface area contributed by atoms with E-state index in [1.54, 1.807) is 25.4 Å². The smallest absolute Gasteiger partial charge is 0.317 e. The largest absolute Gasteiger partial charge is 0.368 e. The van der Waals surface area contributed by atoms with Crippen LogP contribution in [0.5, 0.6) is 0 Å². The number of rotatable bonds is 5. The van der Waals surface area contributed by atoms with Crippen LogP contribution >= 0.6 is 11.3 Å². The Kier molecular flexibility index (Phi) is 6.78. The highest BCUT2D eigenvalue weighted by atomic mass is 32.1. The van der Waals surface area contributed by atoms with E-state index in [2.05, 4.69) is 44.8 Å². The Labute approximate surface area is 182 Å². The van der Waals surface area contributed by atoms with Crippen LogP contribution in [0.25, 0.3) is 10.1 Å². The highest BCUT2D eigenvalue weighted by Gasteiger charge is 2.32. The van der Waals surface area contributed by atoms with E-state index in [1.165, 1.54) is 20.7 Å². The molecule has 7 heteroatoms. The molecule has 1 aromatic heterocycles. The molecule has 1 aliphatic carbocycles. The molecule has 1 saturated heterocycles. The summed E-state index contributed by atoms with van der Waals surface area (Å²) in [4.78, 5) is 18.3. The van der Waals surface area contributed by atoms with Gasteiger partial charge in [0.25, 0.3) is 0 Å². The van der Waals surface area contributed by atoms with E-state index in [-0.39, 0.29) is 12.1 Å². The molecule has 164 valence electrons. The van der Waals surface area contributed by atoms with Crippen LogP contribution in [0.2, 0.25) is 0 Å². The summed E-state index contributed by atoms with van der Waals surface area (Å²) in [7, 11) is 3.38. The number of carbonyl (C=O) groups excluding carboxylic acids is 1. The first-order valence-corrected chi connectivity index (χ1v) is 11.9. The van der Waals surface area contributed by atoms with Crippen molar-refractivity contribution in [1.82, 2.24) is 15.1 Å². The summed E-state index contributed by atoms with van der Waals surface area (Å²) in [5.41, 5.74) is 1.35. The lowest BCUT2D eigenvalue weighted by Crippen LogP contribution is -2.49. The molecule has 1 N–H and O–H groups in total. The Morgan fingerprint density at radius 2 is 2.00 bits per heavy atom. The lowest BCUT2D eigenvalue weighted by atomic mass is 9.82. The fourth-order valence-corrected chi connectivity index (χ4v) is 5.55. The summed E-state index contributed by atoms with van der Waals surface area (Å²) in [5.74, 6) is 0.421. The minimum absolute atomic E-state index is 0.197. The highest BCUT2D eigenvalue weighted by Crippen LogP contribution is 2.32. The molecule has 3 atom stereocenters. The third-order valence-corrected chi connectivity index (χ3v) is 7.52. The molecule has 0 spiro atoms. The van der Waals surface area contributed by atoms with E-state index in [4.69, 9.17) is 0 Å². The predicted octanol–water partition coefficient (Wildman–Crippen LogP) is 4.19. The molecule has 5 nitrogen and oxygen atoms in total. The van der Waals surface area contributed by atoms with Gasteiger partial charge in [-0.1, -0.05) is 6.07 Å². The van der Waals surface area contributed by atoms with Crippen molar-refractivity contribution >= 4 is 33.1 Å². The number of halogens is 1. The molecule has 1 aromatic carbocycles. The third-order valence-electron chi connectivity index (χ3n) is 6.64. The molecule has 0 bridgehead atoms. The van der Waals surface area contributed by atoms with E-state index < -0.39 is 6.17 Å². The van der Waals surface area contributed by atoms with Crippen LogP contribution in [0.3, 0.4) is 0 Å². The van der Waals surface area contributed by atoms with Gasteiger partial charge in [-0.15, -0.1) is 11.3 Å². The number of benzene rings is 1. The summed E-state index contributed by atoms with van der Waals surface area (Å²) < 4.78 is 15.9. The molecule has 3 unspecified atom stereocenters. The van der Waals surface area contributed by atoms with Gasteiger partial charge >= 0.3 is 6.03 Å². The fraction of sp³-hybridized carbons (Fsp3) is 0.609. The second-order valence-electron chi connectivity index (χ2n) is 8.87. The van der Waals surface area contributed by atoms with Crippen LogP contribution in [0, 0.1) is 5.92 Å². The van der Waals surface area contributed by atoms with Gasteiger partial charge in [0.15, 0.2) is 0 Å². The van der Waals surface area contributed by atoms with Gasteiger partial charge in [0.05, 0.1) is 6.04 Å². The molecule has 30 heavy (non-hydrogen) atoms. The normalized spacial score (nSPS) is 25.4. The van der Waals surface area contributed by atoms with E-state index in [0.717, 1.165) is 52.0 Å². The number of piperazine rings is 1. The molecule has 2 heterocycles. The molecule has 2 aromatic rings. The Bertz CT molecular complexity index is 849. The number of hydrogen-bond donors (Lipinski definition) is 1. The van der Waals surface area contributed by atoms with Crippen LogP contribution in [-0.2, 0) is 0 Å². The van der Waals surface area contributed by atoms with Crippen LogP contribution in [-0.4, -0.2) is 74.9 Å². The molecule has 2 fully saturated rings. The Balaban J connectivity index is 1.21. The third kappa shape index (κ3) is 4.89. The maximum absolute atomic E-state index is 14.6. The number of urea groups is 1. The number of amides is 2. The first-order valence-electron chi connectivity index (χ1n) is 11.1. The van der Waals surface area contributed by atoms with E-state index in [0.29, 0.717) is 12.3 Å². The van der Waals surface area contributed by atoms with Crippen molar-refractivity contribution in [3.05, 3.63) is 29.6 Å². The molecular weight excluding hydrogens is 399 g/mol. The number of nitrogens with one attached hydrogen (secondary N) is 1. The monoisotopic (exact) mass is 432 g/mol. The Morgan fingerprint density at radius 3 is 2.73 bits per heavy atom. The van der Waals surface area contributed by atoms with Crippen molar-refractivity contribution in [3.8, 4) is 0 Å². The van der Waals surface area contributed by atoms with Crippen LogP contribution in [0.1, 0.15) is 25.7 Å². The first kappa shape index (κ1) is 21.4. The topological polar surface area (TPSA) is 38.8 Å². The minimum atomic E-state index is -0.935. The van der Waals surface area contributed by atoms with Crippen molar-refractivity contribution in [2.75, 3.05) is 51.7 Å². The Hall–Kier alpha value is -1.86. The average Bonchev–Trinajstić information content (AvgIpc) is 3.23. The lowest BCUT2D eigenvalue weighted by molar-refractivity contribution is 0.130. The molecule has 2 aliphatic rings. The van der Waals surface area contributed by atoms with E-state index in [1.807, 2.05) is 0 Å². The lowest BCUT2D eigenvalue weighted by Gasteiger charge is -2.38. The van der Waals surface area contributed by atoms with Crippen molar-refractivity contribution in [2.24, 2.45) is 5.92 Å². The number of hydrogen-bond acceptors (Lipinski definition) is 4. The van der Waals surface area contributed by atoms with Gasteiger partial charge in [0.2, 0.25) is 0 Å². The molecule has 0 radical (unpaired) electrons. The SMILES string of the molecule is CN(C)C(=O)NC1CCC(CCN2CCN(c3cccc4sccc34)CC2)CC1F. The summed E-state index contributed by atoms with van der Waals surface area (Å²) in [6, 6.07) is 8.28. The number of alkyl halides is 1. The summed E-state index contributed by atoms with van der Waals surface area (Å²) in [6.07, 6.45) is 2.42. The molecule has 4 rings (SSSR count). The minimum Gasteiger partial charge on any atom is -0.368 e. The van der Waals surface area contributed by atoms with Gasteiger partial charge in [0.1, 0.15) is 6.17 Å². The number of fused-ring (bicyclic) bond motifs is 1. The van der Waals surface area contributed by atoms with Gasteiger partial charge in [-0.2, -0.15) is 0 Å². The highest BCUT2D eigenvalue weighted by molar-refractivity contribution is 7.17. The summed E-state index contributed by atoms with van der Waals surface area (Å²) >= 11 is 1.80. The molecule has 1 aliphatic heterocycles. The number of carbonyl (C=O) groups is 1. The zero-order valence-electron chi connectivity index (χ0n) is 18.0. The summed E-state index contributed by atoms with van der Waals surface area (Å²) in [5, 5.41) is 6.36. The van der Waals surface area contributed by atoms with Gasteiger partial charge in [-0.05, 0) is 61.7 Å². The van der Waals surface area contributed by atoms with Crippen molar-refractivity contribution in [2.45, 2.75) is 37.9 Å².